The Morgan fingerprint density at radius 3 is 2.53 bits per heavy atom. The van der Waals surface area contributed by atoms with Crippen molar-refractivity contribution < 1.29 is 4.79 Å². The first-order chi connectivity index (χ1) is 7.13. The SMILES string of the molecule is CC1CC(=O)C=CC1(C)c1ccccc1. The number of allylic oxidation sites excluding steroid dienone is 2. The van der Waals surface area contributed by atoms with Crippen molar-refractivity contribution in [3.8, 4) is 0 Å². The summed E-state index contributed by atoms with van der Waals surface area (Å²) < 4.78 is 0. The van der Waals surface area contributed by atoms with E-state index in [0.717, 1.165) is 0 Å². The maximum absolute atomic E-state index is 11.3. The van der Waals surface area contributed by atoms with E-state index in [2.05, 4.69) is 44.2 Å². The van der Waals surface area contributed by atoms with E-state index in [-0.39, 0.29) is 11.2 Å². The summed E-state index contributed by atoms with van der Waals surface area (Å²) in [6, 6.07) is 10.4. The molecule has 1 heteroatoms. The highest BCUT2D eigenvalue weighted by atomic mass is 16.1. The average molecular weight is 200 g/mol. The van der Waals surface area contributed by atoms with Gasteiger partial charge in [0, 0.05) is 11.8 Å². The first-order valence-electron chi connectivity index (χ1n) is 5.40. The number of benzene rings is 1. The van der Waals surface area contributed by atoms with E-state index in [0.29, 0.717) is 12.3 Å². The number of ketones is 1. The summed E-state index contributed by atoms with van der Waals surface area (Å²) >= 11 is 0. The predicted octanol–water partition coefficient (Wildman–Crippen LogP) is 3.11. The molecule has 0 saturated carbocycles. The number of carbonyl (C=O) groups excluding carboxylic acids is 1. The van der Waals surface area contributed by atoms with Gasteiger partial charge in [-0.1, -0.05) is 50.3 Å². The third-order valence-corrected chi connectivity index (χ3v) is 3.54. The third kappa shape index (κ3) is 1.74. The van der Waals surface area contributed by atoms with Crippen LogP contribution in [-0.2, 0) is 10.2 Å². The zero-order chi connectivity index (χ0) is 10.9. The molecule has 0 saturated heterocycles. The van der Waals surface area contributed by atoms with Gasteiger partial charge in [-0.2, -0.15) is 0 Å². The smallest absolute Gasteiger partial charge is 0.155 e. The first kappa shape index (κ1) is 10.2. The molecule has 2 rings (SSSR count). The number of carbonyl (C=O) groups is 1. The molecule has 1 aromatic carbocycles. The zero-order valence-electron chi connectivity index (χ0n) is 9.23. The molecule has 1 aromatic rings. The highest BCUT2D eigenvalue weighted by Gasteiger charge is 2.34. The van der Waals surface area contributed by atoms with Crippen molar-refractivity contribution in [1.29, 1.82) is 0 Å². The topological polar surface area (TPSA) is 17.1 Å². The Kier molecular flexibility index (Phi) is 2.47. The molecular weight excluding hydrogens is 184 g/mol. The third-order valence-electron chi connectivity index (χ3n) is 3.54. The first-order valence-corrected chi connectivity index (χ1v) is 5.40. The number of hydrogen-bond acceptors (Lipinski definition) is 1. The fraction of sp³-hybridized carbons (Fsp3) is 0.357. The minimum absolute atomic E-state index is 0.00910. The summed E-state index contributed by atoms with van der Waals surface area (Å²) in [4.78, 5) is 11.3. The Morgan fingerprint density at radius 1 is 1.27 bits per heavy atom. The maximum Gasteiger partial charge on any atom is 0.155 e. The van der Waals surface area contributed by atoms with Crippen molar-refractivity contribution in [3.05, 3.63) is 48.0 Å². The molecule has 0 fully saturated rings. The lowest BCUT2D eigenvalue weighted by atomic mass is 9.68. The van der Waals surface area contributed by atoms with Gasteiger partial charge in [0.05, 0.1) is 0 Å². The Labute approximate surface area is 90.8 Å². The van der Waals surface area contributed by atoms with Gasteiger partial charge in [-0.3, -0.25) is 4.79 Å². The van der Waals surface area contributed by atoms with Gasteiger partial charge in [0.1, 0.15) is 0 Å². The quantitative estimate of drug-likeness (QED) is 0.680. The molecule has 0 aromatic heterocycles. The van der Waals surface area contributed by atoms with Gasteiger partial charge in [-0.25, -0.2) is 0 Å². The number of hydrogen-bond donors (Lipinski definition) is 0. The fourth-order valence-electron chi connectivity index (χ4n) is 2.19. The van der Waals surface area contributed by atoms with E-state index in [4.69, 9.17) is 0 Å². The molecule has 0 bridgehead atoms. The van der Waals surface area contributed by atoms with E-state index in [1.807, 2.05) is 6.07 Å². The van der Waals surface area contributed by atoms with Gasteiger partial charge in [-0.15, -0.1) is 0 Å². The summed E-state index contributed by atoms with van der Waals surface area (Å²) in [5.41, 5.74) is 1.30. The summed E-state index contributed by atoms with van der Waals surface area (Å²) in [5, 5.41) is 0. The Morgan fingerprint density at radius 2 is 1.93 bits per heavy atom. The highest BCUT2D eigenvalue weighted by Crippen LogP contribution is 2.38. The van der Waals surface area contributed by atoms with Crippen molar-refractivity contribution in [2.75, 3.05) is 0 Å². The minimum Gasteiger partial charge on any atom is -0.295 e. The Hall–Kier alpha value is -1.37. The molecule has 2 atom stereocenters. The van der Waals surface area contributed by atoms with E-state index in [9.17, 15) is 4.79 Å². The normalized spacial score (nSPS) is 30.5. The predicted molar refractivity (Wildman–Crippen MR) is 61.7 cm³/mol. The van der Waals surface area contributed by atoms with Crippen molar-refractivity contribution in [2.45, 2.75) is 25.7 Å². The molecule has 15 heavy (non-hydrogen) atoms. The van der Waals surface area contributed by atoms with Gasteiger partial charge in [0.15, 0.2) is 5.78 Å². The van der Waals surface area contributed by atoms with Crippen molar-refractivity contribution in [3.63, 3.8) is 0 Å². The molecule has 78 valence electrons. The van der Waals surface area contributed by atoms with E-state index in [1.54, 1.807) is 6.08 Å². The van der Waals surface area contributed by atoms with Gasteiger partial charge in [-0.05, 0) is 17.6 Å². The Bertz CT molecular complexity index is 391. The molecule has 0 N–H and O–H groups in total. The second-order valence-electron chi connectivity index (χ2n) is 4.55. The zero-order valence-corrected chi connectivity index (χ0v) is 9.23. The fourth-order valence-corrected chi connectivity index (χ4v) is 2.19. The standard InChI is InChI=1S/C14H16O/c1-11-10-13(15)8-9-14(11,2)12-6-4-3-5-7-12/h3-9,11H,10H2,1-2H3. The summed E-state index contributed by atoms with van der Waals surface area (Å²) in [6.07, 6.45) is 4.44. The van der Waals surface area contributed by atoms with Crippen LogP contribution in [0.2, 0.25) is 0 Å². The van der Waals surface area contributed by atoms with E-state index in [1.165, 1.54) is 5.56 Å². The summed E-state index contributed by atoms with van der Waals surface area (Å²) in [5.74, 6) is 0.619. The monoisotopic (exact) mass is 200 g/mol. The molecule has 0 radical (unpaired) electrons. The van der Waals surface area contributed by atoms with Gasteiger partial charge >= 0.3 is 0 Å². The molecule has 1 aliphatic carbocycles. The lowest BCUT2D eigenvalue weighted by Gasteiger charge is -2.35. The van der Waals surface area contributed by atoms with Gasteiger partial charge in [0.2, 0.25) is 0 Å². The molecular formula is C14H16O. The molecule has 2 unspecified atom stereocenters. The summed E-state index contributed by atoms with van der Waals surface area (Å²) in [7, 11) is 0. The molecule has 1 nitrogen and oxygen atoms in total. The number of rotatable bonds is 1. The minimum atomic E-state index is 0.00910. The lowest BCUT2D eigenvalue weighted by molar-refractivity contribution is -0.116. The Balaban J connectivity index is 2.42. The van der Waals surface area contributed by atoms with Crippen molar-refractivity contribution >= 4 is 5.78 Å². The van der Waals surface area contributed by atoms with Crippen LogP contribution in [0.25, 0.3) is 0 Å². The van der Waals surface area contributed by atoms with Gasteiger partial charge < -0.3 is 0 Å². The van der Waals surface area contributed by atoms with Crippen LogP contribution in [-0.4, -0.2) is 5.78 Å². The molecule has 0 spiro atoms. The molecule has 1 aliphatic rings. The average Bonchev–Trinajstić information content (AvgIpc) is 2.25. The van der Waals surface area contributed by atoms with Crippen LogP contribution in [0.4, 0.5) is 0 Å². The van der Waals surface area contributed by atoms with E-state index < -0.39 is 0 Å². The van der Waals surface area contributed by atoms with Crippen LogP contribution in [0.5, 0.6) is 0 Å². The molecule has 0 aliphatic heterocycles. The van der Waals surface area contributed by atoms with E-state index >= 15 is 0 Å². The van der Waals surface area contributed by atoms with Crippen molar-refractivity contribution in [1.82, 2.24) is 0 Å². The highest BCUT2D eigenvalue weighted by molar-refractivity contribution is 5.91. The summed E-state index contributed by atoms with van der Waals surface area (Å²) in [6.45, 7) is 4.35. The largest absolute Gasteiger partial charge is 0.295 e. The van der Waals surface area contributed by atoms with Crippen LogP contribution in [0, 0.1) is 5.92 Å². The van der Waals surface area contributed by atoms with Crippen LogP contribution in [0.3, 0.4) is 0 Å². The lowest BCUT2D eigenvalue weighted by Crippen LogP contribution is -2.32. The van der Waals surface area contributed by atoms with Crippen molar-refractivity contribution in [2.24, 2.45) is 5.92 Å². The van der Waals surface area contributed by atoms with Crippen LogP contribution in [0.1, 0.15) is 25.8 Å². The molecule has 0 heterocycles. The second-order valence-corrected chi connectivity index (χ2v) is 4.55. The van der Waals surface area contributed by atoms with Crippen LogP contribution < -0.4 is 0 Å². The second kappa shape index (κ2) is 3.65. The van der Waals surface area contributed by atoms with Crippen LogP contribution in [0.15, 0.2) is 42.5 Å². The van der Waals surface area contributed by atoms with Gasteiger partial charge in [0.25, 0.3) is 0 Å². The maximum atomic E-state index is 11.3. The van der Waals surface area contributed by atoms with Crippen LogP contribution >= 0.6 is 0 Å². The molecule has 0 amide bonds.